The van der Waals surface area contributed by atoms with Crippen LogP contribution in [0.2, 0.25) is 10.0 Å². The second-order valence-corrected chi connectivity index (χ2v) is 4.52. The summed E-state index contributed by atoms with van der Waals surface area (Å²) in [6, 6.07) is 3.68. The van der Waals surface area contributed by atoms with Crippen molar-refractivity contribution in [1.82, 2.24) is 4.90 Å². The number of nitrogen functional groups attached to an aromatic ring is 1. The Kier molecular flexibility index (Phi) is 5.35. The van der Waals surface area contributed by atoms with Gasteiger partial charge in [-0.1, -0.05) is 23.2 Å². The van der Waals surface area contributed by atoms with E-state index in [1.807, 2.05) is 19.2 Å². The van der Waals surface area contributed by atoms with Crippen molar-refractivity contribution < 1.29 is 4.74 Å². The summed E-state index contributed by atoms with van der Waals surface area (Å²) in [5.41, 5.74) is 7.15. The topological polar surface area (TPSA) is 38.5 Å². The molecule has 5 heteroatoms. The van der Waals surface area contributed by atoms with E-state index in [2.05, 4.69) is 4.90 Å². The lowest BCUT2D eigenvalue weighted by atomic mass is 10.2. The number of benzene rings is 1. The molecule has 0 spiro atoms. The van der Waals surface area contributed by atoms with Crippen LogP contribution in [0.25, 0.3) is 0 Å². The van der Waals surface area contributed by atoms with Gasteiger partial charge in [-0.15, -0.1) is 0 Å². The maximum Gasteiger partial charge on any atom is 0.0693 e. The molecule has 0 unspecified atom stereocenters. The van der Waals surface area contributed by atoms with Crippen LogP contribution in [-0.4, -0.2) is 32.2 Å². The number of nitrogens with zero attached hydrogens (tertiary/aromatic N) is 1. The van der Waals surface area contributed by atoms with Gasteiger partial charge in [0.25, 0.3) is 0 Å². The van der Waals surface area contributed by atoms with E-state index in [1.165, 1.54) is 0 Å². The lowest BCUT2D eigenvalue weighted by Crippen LogP contribution is -2.22. The standard InChI is InChI=1S/C11H16Cl2N2O/c1-15(3-4-16-2)7-8-5-9(12)11(14)10(13)6-8/h5-6H,3-4,7,14H2,1-2H3. The molecule has 0 amide bonds. The molecule has 0 aliphatic carbocycles. The van der Waals surface area contributed by atoms with Crippen molar-refractivity contribution in [2.45, 2.75) is 6.54 Å². The Balaban J connectivity index is 2.67. The first kappa shape index (κ1) is 13.6. The molecule has 0 heterocycles. The van der Waals surface area contributed by atoms with Crippen LogP contribution in [-0.2, 0) is 11.3 Å². The molecule has 90 valence electrons. The number of likely N-dealkylation sites (N-methyl/N-ethyl adjacent to an activating group) is 1. The zero-order valence-corrected chi connectivity index (χ0v) is 11.0. The quantitative estimate of drug-likeness (QED) is 0.830. The first-order valence-corrected chi connectivity index (χ1v) is 5.71. The summed E-state index contributed by atoms with van der Waals surface area (Å²) in [4.78, 5) is 2.13. The smallest absolute Gasteiger partial charge is 0.0693 e. The Morgan fingerprint density at radius 2 is 1.88 bits per heavy atom. The van der Waals surface area contributed by atoms with E-state index < -0.39 is 0 Å². The molecular weight excluding hydrogens is 247 g/mol. The normalized spacial score (nSPS) is 11.1. The zero-order valence-electron chi connectivity index (χ0n) is 9.46. The lowest BCUT2D eigenvalue weighted by Gasteiger charge is -2.16. The fraction of sp³-hybridized carbons (Fsp3) is 0.455. The number of ether oxygens (including phenoxy) is 1. The average Bonchev–Trinajstić information content (AvgIpc) is 2.23. The summed E-state index contributed by atoms with van der Waals surface area (Å²) < 4.78 is 5.00. The average molecular weight is 263 g/mol. The van der Waals surface area contributed by atoms with Gasteiger partial charge in [0.2, 0.25) is 0 Å². The van der Waals surface area contributed by atoms with E-state index in [1.54, 1.807) is 7.11 Å². The van der Waals surface area contributed by atoms with E-state index in [9.17, 15) is 0 Å². The van der Waals surface area contributed by atoms with Gasteiger partial charge < -0.3 is 10.5 Å². The molecule has 0 saturated heterocycles. The van der Waals surface area contributed by atoms with Gasteiger partial charge in [0.15, 0.2) is 0 Å². The maximum atomic E-state index is 5.95. The lowest BCUT2D eigenvalue weighted by molar-refractivity contribution is 0.158. The molecule has 0 atom stereocenters. The highest BCUT2D eigenvalue weighted by Crippen LogP contribution is 2.29. The summed E-state index contributed by atoms with van der Waals surface area (Å²) in [6.07, 6.45) is 0. The van der Waals surface area contributed by atoms with Crippen LogP contribution in [0.4, 0.5) is 5.69 Å². The molecule has 0 aliphatic rings. The third-order valence-corrected chi connectivity index (χ3v) is 2.89. The predicted molar refractivity (Wildman–Crippen MR) is 69.1 cm³/mol. The van der Waals surface area contributed by atoms with Gasteiger partial charge in [-0.05, 0) is 24.7 Å². The van der Waals surface area contributed by atoms with Crippen LogP contribution >= 0.6 is 23.2 Å². The monoisotopic (exact) mass is 262 g/mol. The van der Waals surface area contributed by atoms with Crippen molar-refractivity contribution in [3.05, 3.63) is 27.7 Å². The largest absolute Gasteiger partial charge is 0.396 e. The highest BCUT2D eigenvalue weighted by atomic mass is 35.5. The van der Waals surface area contributed by atoms with E-state index in [0.717, 1.165) is 18.7 Å². The number of methoxy groups -OCH3 is 1. The number of hydrogen-bond acceptors (Lipinski definition) is 3. The van der Waals surface area contributed by atoms with E-state index in [4.69, 9.17) is 33.7 Å². The summed E-state index contributed by atoms with van der Waals surface area (Å²) in [5, 5.41) is 1.00. The Morgan fingerprint density at radius 1 is 1.31 bits per heavy atom. The van der Waals surface area contributed by atoms with Gasteiger partial charge in [0, 0.05) is 20.2 Å². The second kappa shape index (κ2) is 6.30. The molecule has 1 aromatic rings. The molecule has 0 radical (unpaired) electrons. The SMILES string of the molecule is COCCN(C)Cc1cc(Cl)c(N)c(Cl)c1. The van der Waals surface area contributed by atoms with Crippen molar-refractivity contribution in [2.75, 3.05) is 33.0 Å². The Morgan fingerprint density at radius 3 is 2.38 bits per heavy atom. The molecular formula is C11H16Cl2N2O. The molecule has 0 aliphatic heterocycles. The van der Waals surface area contributed by atoms with Crippen LogP contribution in [0, 0.1) is 0 Å². The first-order valence-electron chi connectivity index (χ1n) is 4.95. The molecule has 1 rings (SSSR count). The molecule has 0 saturated carbocycles. The van der Waals surface area contributed by atoms with E-state index in [-0.39, 0.29) is 0 Å². The highest BCUT2D eigenvalue weighted by molar-refractivity contribution is 6.38. The third kappa shape index (κ3) is 3.83. The minimum absolute atomic E-state index is 0.437. The first-order chi connectivity index (χ1) is 7.54. The highest BCUT2D eigenvalue weighted by Gasteiger charge is 2.06. The minimum atomic E-state index is 0.437. The van der Waals surface area contributed by atoms with E-state index in [0.29, 0.717) is 22.3 Å². The van der Waals surface area contributed by atoms with Crippen LogP contribution < -0.4 is 5.73 Å². The number of halogens is 2. The van der Waals surface area contributed by atoms with Gasteiger partial charge in [-0.25, -0.2) is 0 Å². The molecule has 0 fully saturated rings. The molecule has 16 heavy (non-hydrogen) atoms. The van der Waals surface area contributed by atoms with Crippen LogP contribution in [0.3, 0.4) is 0 Å². The summed E-state index contributed by atoms with van der Waals surface area (Å²) in [6.45, 7) is 2.33. The van der Waals surface area contributed by atoms with Gasteiger partial charge in [-0.3, -0.25) is 4.90 Å². The Labute approximate surface area is 106 Å². The van der Waals surface area contributed by atoms with Crippen molar-refractivity contribution in [1.29, 1.82) is 0 Å². The van der Waals surface area contributed by atoms with Crippen molar-refractivity contribution >= 4 is 28.9 Å². The summed E-state index contributed by atoms with van der Waals surface area (Å²) in [7, 11) is 3.70. The van der Waals surface area contributed by atoms with E-state index >= 15 is 0 Å². The number of nitrogens with two attached hydrogens (primary N) is 1. The number of rotatable bonds is 5. The van der Waals surface area contributed by atoms with Gasteiger partial charge in [0.1, 0.15) is 0 Å². The maximum absolute atomic E-state index is 5.95. The summed E-state index contributed by atoms with van der Waals surface area (Å²) in [5.74, 6) is 0. The predicted octanol–water partition coefficient (Wildman–Crippen LogP) is 2.65. The number of hydrogen-bond donors (Lipinski definition) is 1. The molecule has 0 bridgehead atoms. The van der Waals surface area contributed by atoms with Gasteiger partial charge >= 0.3 is 0 Å². The van der Waals surface area contributed by atoms with Gasteiger partial charge in [-0.2, -0.15) is 0 Å². The second-order valence-electron chi connectivity index (χ2n) is 3.70. The van der Waals surface area contributed by atoms with Crippen LogP contribution in [0.15, 0.2) is 12.1 Å². The number of anilines is 1. The third-order valence-electron chi connectivity index (χ3n) is 2.27. The Hall–Kier alpha value is -0.480. The van der Waals surface area contributed by atoms with Crippen molar-refractivity contribution in [3.63, 3.8) is 0 Å². The minimum Gasteiger partial charge on any atom is -0.396 e. The molecule has 2 N–H and O–H groups in total. The van der Waals surface area contributed by atoms with Crippen LogP contribution in [0.1, 0.15) is 5.56 Å². The molecule has 1 aromatic carbocycles. The van der Waals surface area contributed by atoms with Crippen molar-refractivity contribution in [2.24, 2.45) is 0 Å². The summed E-state index contributed by atoms with van der Waals surface area (Å²) >= 11 is 11.9. The Bertz CT molecular complexity index is 335. The van der Waals surface area contributed by atoms with Gasteiger partial charge in [0.05, 0.1) is 22.3 Å². The van der Waals surface area contributed by atoms with Crippen LogP contribution in [0.5, 0.6) is 0 Å². The van der Waals surface area contributed by atoms with Crippen molar-refractivity contribution in [3.8, 4) is 0 Å². The fourth-order valence-corrected chi connectivity index (χ4v) is 1.90. The zero-order chi connectivity index (χ0) is 12.1. The molecule has 3 nitrogen and oxygen atoms in total. The fourth-order valence-electron chi connectivity index (χ4n) is 1.37. The molecule has 0 aromatic heterocycles.